The van der Waals surface area contributed by atoms with Gasteiger partial charge in [-0.3, -0.25) is 0 Å². The molecule has 0 heteroatoms. The summed E-state index contributed by atoms with van der Waals surface area (Å²) in [5.41, 5.74) is 3.09. The number of fused-ring (bicyclic) bond motifs is 5. The molecule has 5 unspecified atom stereocenters. The molecule has 0 amide bonds. The highest BCUT2D eigenvalue weighted by molar-refractivity contribution is 5.25. The topological polar surface area (TPSA) is 0 Å². The van der Waals surface area contributed by atoms with Gasteiger partial charge in [-0.05, 0) is 104 Å². The van der Waals surface area contributed by atoms with Crippen LogP contribution in [-0.2, 0) is 0 Å². The zero-order chi connectivity index (χ0) is 22.2. The number of rotatable bonds is 8. The molecule has 0 radical (unpaired) electrons. The predicted molar refractivity (Wildman–Crippen MR) is 140 cm³/mol. The third-order valence-electron chi connectivity index (χ3n) is 11.4. The van der Waals surface area contributed by atoms with Crippen molar-refractivity contribution >= 4 is 0 Å². The van der Waals surface area contributed by atoms with Crippen LogP contribution < -0.4 is 0 Å². The largest absolute Gasteiger partial charge is 0.0845 e. The summed E-state index contributed by atoms with van der Waals surface area (Å²) in [6, 6.07) is 0. The number of allylic oxidation sites excluding steroid dienone is 2. The Morgan fingerprint density at radius 1 is 1.00 bits per heavy atom. The maximum absolute atomic E-state index is 2.79. The van der Waals surface area contributed by atoms with Gasteiger partial charge in [-0.1, -0.05) is 91.7 Å². The van der Waals surface area contributed by atoms with Crippen molar-refractivity contribution in [3.63, 3.8) is 0 Å². The summed E-state index contributed by atoms with van der Waals surface area (Å²) in [6.07, 6.45) is 23.4. The van der Waals surface area contributed by atoms with Gasteiger partial charge in [0.05, 0.1) is 0 Å². The average molecular weight is 431 g/mol. The Balaban J connectivity index is 0.00000193. The summed E-state index contributed by atoms with van der Waals surface area (Å²) in [5.74, 6) is 6.85. The van der Waals surface area contributed by atoms with Gasteiger partial charge in [0.2, 0.25) is 0 Å². The van der Waals surface area contributed by atoms with E-state index in [0.717, 1.165) is 41.4 Å². The van der Waals surface area contributed by atoms with Crippen molar-refractivity contribution in [2.45, 2.75) is 131 Å². The van der Waals surface area contributed by atoms with E-state index in [2.05, 4.69) is 47.6 Å². The van der Waals surface area contributed by atoms with Crippen LogP contribution in [0.25, 0.3) is 0 Å². The van der Waals surface area contributed by atoms with E-state index in [-0.39, 0.29) is 2.85 Å². The van der Waals surface area contributed by atoms with Crippen LogP contribution in [0.1, 0.15) is 134 Å². The fourth-order valence-electron chi connectivity index (χ4n) is 9.68. The summed E-state index contributed by atoms with van der Waals surface area (Å²) >= 11 is 0. The molecule has 0 aromatic heterocycles. The summed E-state index contributed by atoms with van der Waals surface area (Å²) in [6.45, 7) is 15.1. The molecule has 0 aromatic carbocycles. The summed E-state index contributed by atoms with van der Waals surface area (Å²) in [5, 5.41) is 0. The summed E-state index contributed by atoms with van der Waals surface area (Å²) in [4.78, 5) is 0. The normalized spacial score (nSPS) is 43.2. The van der Waals surface area contributed by atoms with Crippen molar-refractivity contribution in [3.8, 4) is 0 Å². The van der Waals surface area contributed by atoms with E-state index in [4.69, 9.17) is 0 Å². The zero-order valence-corrected chi connectivity index (χ0v) is 22.0. The monoisotopic (exact) mass is 430 g/mol. The van der Waals surface area contributed by atoms with Crippen molar-refractivity contribution in [1.29, 1.82) is 0 Å². The van der Waals surface area contributed by atoms with Gasteiger partial charge >= 0.3 is 0 Å². The molecule has 0 bridgehead atoms. The van der Waals surface area contributed by atoms with Gasteiger partial charge in [0.25, 0.3) is 0 Å². The first-order valence-corrected chi connectivity index (χ1v) is 14.5. The van der Waals surface area contributed by atoms with Gasteiger partial charge in [-0.15, -0.1) is 0 Å². The summed E-state index contributed by atoms with van der Waals surface area (Å²) in [7, 11) is 0. The molecule has 4 rings (SSSR count). The van der Waals surface area contributed by atoms with E-state index in [1.807, 2.05) is 5.57 Å². The molecule has 0 aliphatic heterocycles. The van der Waals surface area contributed by atoms with E-state index in [1.165, 1.54) is 83.5 Å². The Morgan fingerprint density at radius 2 is 1.81 bits per heavy atom. The number of hydrogen-bond donors (Lipinski definition) is 0. The van der Waals surface area contributed by atoms with Gasteiger partial charge in [0.15, 0.2) is 0 Å². The maximum atomic E-state index is 2.79. The van der Waals surface area contributed by atoms with Crippen LogP contribution in [0.5, 0.6) is 0 Å². The quantitative estimate of drug-likeness (QED) is 0.336. The van der Waals surface area contributed by atoms with Gasteiger partial charge in [0.1, 0.15) is 0 Å². The van der Waals surface area contributed by atoms with Gasteiger partial charge in [-0.2, -0.15) is 0 Å². The second kappa shape index (κ2) is 9.54. The van der Waals surface area contributed by atoms with Crippen LogP contribution in [0.15, 0.2) is 11.6 Å². The zero-order valence-electron chi connectivity index (χ0n) is 22.0. The van der Waals surface area contributed by atoms with Crippen molar-refractivity contribution in [3.05, 3.63) is 11.6 Å². The average Bonchev–Trinajstić information content (AvgIpc) is 3.08. The molecular formula is C31H58. The highest BCUT2D eigenvalue weighted by Crippen LogP contribution is 2.67. The Bertz CT molecular complexity index is 639. The molecule has 0 saturated heterocycles. The standard InChI is InChI=1S/C31H54.2H2/c1-7-10-23-17-19-30(5)25(21-23)13-14-26-28-16-15-27(31(28,6)20-18-29(26)30)24(8-2)12-9-11-22(3)4;;/h13,22-24,26-29H,7-12,14-21H2,1-6H3;2*1H/t23?,24-,26?,27-,28?,29?,30+,31?;;/m1../s1. The molecule has 0 aromatic rings. The minimum absolute atomic E-state index is 0. The lowest BCUT2D eigenvalue weighted by Gasteiger charge is -2.58. The molecular weight excluding hydrogens is 372 g/mol. The molecule has 0 spiro atoms. The molecule has 3 saturated carbocycles. The lowest BCUT2D eigenvalue weighted by molar-refractivity contribution is -0.0546. The lowest BCUT2D eigenvalue weighted by Crippen LogP contribution is -2.50. The van der Waals surface area contributed by atoms with Crippen molar-refractivity contribution in [2.75, 3.05) is 0 Å². The van der Waals surface area contributed by atoms with Crippen LogP contribution in [0, 0.1) is 52.3 Å². The van der Waals surface area contributed by atoms with E-state index >= 15 is 0 Å². The fraction of sp³-hybridized carbons (Fsp3) is 0.935. The molecule has 4 aliphatic carbocycles. The second-order valence-electron chi connectivity index (χ2n) is 13.4. The Kier molecular flexibility index (Phi) is 7.35. The molecule has 3 fully saturated rings. The maximum Gasteiger partial charge on any atom is 0 e. The predicted octanol–water partition coefficient (Wildman–Crippen LogP) is 10.3. The Morgan fingerprint density at radius 3 is 2.52 bits per heavy atom. The molecule has 4 aliphatic rings. The van der Waals surface area contributed by atoms with Crippen molar-refractivity contribution in [1.82, 2.24) is 0 Å². The second-order valence-corrected chi connectivity index (χ2v) is 13.4. The fourth-order valence-corrected chi connectivity index (χ4v) is 9.68. The molecule has 31 heavy (non-hydrogen) atoms. The van der Waals surface area contributed by atoms with Gasteiger partial charge in [0, 0.05) is 2.85 Å². The minimum atomic E-state index is 0. The first-order chi connectivity index (χ1) is 14.8. The van der Waals surface area contributed by atoms with Crippen LogP contribution in [-0.4, -0.2) is 0 Å². The van der Waals surface area contributed by atoms with Crippen LogP contribution >= 0.6 is 0 Å². The van der Waals surface area contributed by atoms with E-state index in [9.17, 15) is 0 Å². The first-order valence-electron chi connectivity index (χ1n) is 14.5. The smallest absolute Gasteiger partial charge is 0 e. The van der Waals surface area contributed by atoms with Crippen LogP contribution in [0.3, 0.4) is 0 Å². The van der Waals surface area contributed by atoms with Crippen molar-refractivity contribution in [2.24, 2.45) is 52.3 Å². The molecule has 0 nitrogen and oxygen atoms in total. The van der Waals surface area contributed by atoms with E-state index in [1.54, 1.807) is 6.42 Å². The highest BCUT2D eigenvalue weighted by atomic mass is 14.6. The van der Waals surface area contributed by atoms with E-state index in [0.29, 0.717) is 10.8 Å². The molecule has 0 heterocycles. The first kappa shape index (κ1) is 23.9. The lowest BCUT2D eigenvalue weighted by atomic mass is 9.46. The summed E-state index contributed by atoms with van der Waals surface area (Å²) < 4.78 is 0. The van der Waals surface area contributed by atoms with Crippen molar-refractivity contribution < 1.29 is 2.85 Å². The minimum Gasteiger partial charge on any atom is -0.0845 e. The van der Waals surface area contributed by atoms with E-state index < -0.39 is 0 Å². The third-order valence-corrected chi connectivity index (χ3v) is 11.4. The Hall–Kier alpha value is -0.260. The third kappa shape index (κ3) is 4.33. The molecule has 0 N–H and O–H groups in total. The highest BCUT2D eigenvalue weighted by Gasteiger charge is 2.59. The van der Waals surface area contributed by atoms with Crippen LogP contribution in [0.2, 0.25) is 0 Å². The van der Waals surface area contributed by atoms with Gasteiger partial charge < -0.3 is 0 Å². The Labute approximate surface area is 198 Å². The molecule has 8 atom stereocenters. The van der Waals surface area contributed by atoms with Crippen LogP contribution in [0.4, 0.5) is 0 Å². The number of hydrogen-bond acceptors (Lipinski definition) is 0. The SMILES string of the molecule is CCCC1CC[C@@]2(C)C(=CCC3C4CC[C@H]([C@H](CC)CCCC(C)C)C4(C)CCC32)C1.[HH].[HH]. The molecule has 182 valence electrons. The van der Waals surface area contributed by atoms with Gasteiger partial charge in [-0.25, -0.2) is 0 Å².